The molecule has 2 aliphatic carbocycles. The number of rotatable bonds is 1. The van der Waals surface area contributed by atoms with Gasteiger partial charge in [-0.1, -0.05) is 43.7 Å². The Kier molecular flexibility index (Phi) is 3.00. The first-order valence-corrected chi connectivity index (χ1v) is 7.04. The van der Waals surface area contributed by atoms with Gasteiger partial charge < -0.3 is 4.74 Å². The highest BCUT2D eigenvalue weighted by atomic mass is 16.5. The van der Waals surface area contributed by atoms with E-state index in [2.05, 4.69) is 6.58 Å². The van der Waals surface area contributed by atoms with Gasteiger partial charge in [-0.25, -0.2) is 0 Å². The third-order valence-electron chi connectivity index (χ3n) is 4.80. The number of carbonyl (C=O) groups is 2. The number of Topliss-reactive ketones (excluding diaryl/α,β-unsaturated/α-hetero) is 1. The topological polar surface area (TPSA) is 43.4 Å². The molecule has 0 N–H and O–H groups in total. The average molecular weight is 270 g/mol. The van der Waals surface area contributed by atoms with Crippen molar-refractivity contribution in [2.24, 2.45) is 11.3 Å². The van der Waals surface area contributed by atoms with Gasteiger partial charge in [0.2, 0.25) is 0 Å². The standard InChI is InChI=1S/C17H18O3/c1-11-12-7-3-4-8-13(12)15(18)17(16(19)20-2)10-6-5-9-14(11)17/h3-4,7-8,14H,1,5-6,9-10H2,2H3. The van der Waals surface area contributed by atoms with E-state index in [0.717, 1.165) is 30.4 Å². The monoisotopic (exact) mass is 270 g/mol. The lowest BCUT2D eigenvalue weighted by Crippen LogP contribution is -2.51. The fourth-order valence-electron chi connectivity index (χ4n) is 3.82. The Morgan fingerprint density at radius 3 is 2.70 bits per heavy atom. The molecular weight excluding hydrogens is 252 g/mol. The summed E-state index contributed by atoms with van der Waals surface area (Å²) in [6.07, 6.45) is 3.30. The highest BCUT2D eigenvalue weighted by molar-refractivity contribution is 6.18. The summed E-state index contributed by atoms with van der Waals surface area (Å²) in [4.78, 5) is 25.4. The largest absolute Gasteiger partial charge is 0.468 e. The molecule has 20 heavy (non-hydrogen) atoms. The molecule has 0 aliphatic heterocycles. The normalized spacial score (nSPS) is 28.6. The lowest BCUT2D eigenvalue weighted by molar-refractivity contribution is -0.153. The zero-order valence-corrected chi connectivity index (χ0v) is 11.6. The molecule has 0 amide bonds. The second kappa shape index (κ2) is 4.58. The van der Waals surface area contributed by atoms with Gasteiger partial charge in [0, 0.05) is 11.5 Å². The van der Waals surface area contributed by atoms with Crippen molar-refractivity contribution in [2.45, 2.75) is 25.7 Å². The quantitative estimate of drug-likeness (QED) is 0.581. The van der Waals surface area contributed by atoms with Gasteiger partial charge in [-0.15, -0.1) is 0 Å². The van der Waals surface area contributed by atoms with Crippen molar-refractivity contribution in [1.29, 1.82) is 0 Å². The summed E-state index contributed by atoms with van der Waals surface area (Å²) in [6.45, 7) is 4.18. The Bertz CT molecular complexity index is 602. The van der Waals surface area contributed by atoms with Crippen LogP contribution in [0, 0.1) is 11.3 Å². The Morgan fingerprint density at radius 1 is 1.30 bits per heavy atom. The number of methoxy groups -OCH3 is 1. The van der Waals surface area contributed by atoms with Crippen LogP contribution in [0.4, 0.5) is 0 Å². The van der Waals surface area contributed by atoms with Crippen molar-refractivity contribution >= 4 is 17.3 Å². The molecule has 1 saturated carbocycles. The highest BCUT2D eigenvalue weighted by Crippen LogP contribution is 2.53. The number of hydrogen-bond acceptors (Lipinski definition) is 3. The third-order valence-corrected chi connectivity index (χ3v) is 4.80. The highest BCUT2D eigenvalue weighted by Gasteiger charge is 2.57. The molecule has 3 rings (SSSR count). The molecule has 2 atom stereocenters. The fraction of sp³-hybridized carbons (Fsp3) is 0.412. The summed E-state index contributed by atoms with van der Waals surface area (Å²) in [7, 11) is 1.36. The average Bonchev–Trinajstić information content (AvgIpc) is 2.51. The molecular formula is C17H18O3. The van der Waals surface area contributed by atoms with E-state index in [9.17, 15) is 9.59 Å². The van der Waals surface area contributed by atoms with E-state index in [4.69, 9.17) is 4.74 Å². The van der Waals surface area contributed by atoms with Gasteiger partial charge in [-0.05, 0) is 24.0 Å². The Morgan fingerprint density at radius 2 is 2.00 bits per heavy atom. The zero-order valence-electron chi connectivity index (χ0n) is 11.6. The summed E-state index contributed by atoms with van der Waals surface area (Å²) in [5, 5.41) is 0. The van der Waals surface area contributed by atoms with Crippen LogP contribution in [-0.4, -0.2) is 18.9 Å². The summed E-state index contributed by atoms with van der Waals surface area (Å²) in [6, 6.07) is 7.45. The number of esters is 1. The van der Waals surface area contributed by atoms with Crippen molar-refractivity contribution in [3.63, 3.8) is 0 Å². The molecule has 0 aromatic heterocycles. The number of ketones is 1. The van der Waals surface area contributed by atoms with Crippen LogP contribution < -0.4 is 0 Å². The van der Waals surface area contributed by atoms with Crippen molar-refractivity contribution in [3.8, 4) is 0 Å². The first-order valence-electron chi connectivity index (χ1n) is 7.04. The zero-order chi connectivity index (χ0) is 14.3. The van der Waals surface area contributed by atoms with Crippen molar-refractivity contribution in [2.75, 3.05) is 7.11 Å². The molecule has 0 spiro atoms. The molecule has 2 aliphatic rings. The molecule has 1 fully saturated rings. The minimum absolute atomic E-state index is 0.0861. The van der Waals surface area contributed by atoms with Gasteiger partial charge in [0.25, 0.3) is 0 Å². The number of carbonyl (C=O) groups excluding carboxylic acids is 2. The van der Waals surface area contributed by atoms with Crippen LogP contribution in [0.15, 0.2) is 30.8 Å². The molecule has 0 bridgehead atoms. The van der Waals surface area contributed by atoms with Gasteiger partial charge in [0.15, 0.2) is 5.78 Å². The minimum Gasteiger partial charge on any atom is -0.468 e. The third kappa shape index (κ3) is 1.52. The molecule has 104 valence electrons. The van der Waals surface area contributed by atoms with E-state index >= 15 is 0 Å². The molecule has 2 unspecified atom stereocenters. The summed E-state index contributed by atoms with van der Waals surface area (Å²) < 4.78 is 4.98. The number of ether oxygens (including phenoxy) is 1. The van der Waals surface area contributed by atoms with Crippen LogP contribution in [0.5, 0.6) is 0 Å². The SMILES string of the molecule is C=C1c2ccccc2C(=O)C2(C(=O)OC)CCCCC12. The van der Waals surface area contributed by atoms with Crippen LogP contribution in [0.3, 0.4) is 0 Å². The van der Waals surface area contributed by atoms with Crippen molar-refractivity contribution in [3.05, 3.63) is 42.0 Å². The second-order valence-corrected chi connectivity index (χ2v) is 5.66. The lowest BCUT2D eigenvalue weighted by atomic mass is 9.56. The molecule has 0 radical (unpaired) electrons. The van der Waals surface area contributed by atoms with Gasteiger partial charge in [0.1, 0.15) is 5.41 Å². The maximum atomic E-state index is 13.0. The number of fused-ring (bicyclic) bond motifs is 2. The van der Waals surface area contributed by atoms with Crippen molar-refractivity contribution < 1.29 is 14.3 Å². The summed E-state index contributed by atoms with van der Waals surface area (Å²) in [5.74, 6) is -0.606. The summed E-state index contributed by atoms with van der Waals surface area (Å²) >= 11 is 0. The van der Waals surface area contributed by atoms with E-state index in [-0.39, 0.29) is 11.7 Å². The van der Waals surface area contributed by atoms with Gasteiger partial charge in [-0.2, -0.15) is 0 Å². The van der Waals surface area contributed by atoms with Crippen LogP contribution in [0.25, 0.3) is 5.57 Å². The van der Waals surface area contributed by atoms with Crippen LogP contribution in [0.1, 0.15) is 41.6 Å². The van der Waals surface area contributed by atoms with Crippen LogP contribution >= 0.6 is 0 Å². The first-order chi connectivity index (χ1) is 9.63. The molecule has 1 aromatic carbocycles. The van der Waals surface area contributed by atoms with E-state index in [0.29, 0.717) is 12.0 Å². The van der Waals surface area contributed by atoms with E-state index in [1.165, 1.54) is 7.11 Å². The van der Waals surface area contributed by atoms with Gasteiger partial charge in [0.05, 0.1) is 7.11 Å². The first kappa shape index (κ1) is 13.1. The maximum absolute atomic E-state index is 13.0. The number of allylic oxidation sites excluding steroid dienone is 1. The molecule has 0 heterocycles. The van der Waals surface area contributed by atoms with Gasteiger partial charge >= 0.3 is 5.97 Å². The Labute approximate surface area is 118 Å². The Hall–Kier alpha value is -1.90. The van der Waals surface area contributed by atoms with Crippen LogP contribution in [0.2, 0.25) is 0 Å². The predicted molar refractivity (Wildman–Crippen MR) is 76.2 cm³/mol. The molecule has 3 nitrogen and oxygen atoms in total. The van der Waals surface area contributed by atoms with E-state index < -0.39 is 11.4 Å². The molecule has 0 saturated heterocycles. The van der Waals surface area contributed by atoms with E-state index in [1.807, 2.05) is 18.2 Å². The second-order valence-electron chi connectivity index (χ2n) is 5.66. The fourth-order valence-corrected chi connectivity index (χ4v) is 3.82. The lowest BCUT2D eigenvalue weighted by Gasteiger charge is -2.45. The number of hydrogen-bond donors (Lipinski definition) is 0. The van der Waals surface area contributed by atoms with Crippen molar-refractivity contribution in [1.82, 2.24) is 0 Å². The molecule has 1 aromatic rings. The maximum Gasteiger partial charge on any atom is 0.320 e. The van der Waals surface area contributed by atoms with Crippen LogP contribution in [-0.2, 0) is 9.53 Å². The Balaban J connectivity index is 2.23. The smallest absolute Gasteiger partial charge is 0.320 e. The predicted octanol–water partition coefficient (Wildman–Crippen LogP) is 3.25. The summed E-state index contributed by atoms with van der Waals surface area (Å²) in [5.41, 5.74) is 1.37. The number of benzene rings is 1. The minimum atomic E-state index is -1.04. The van der Waals surface area contributed by atoms with Gasteiger partial charge in [-0.3, -0.25) is 9.59 Å². The molecule has 3 heteroatoms. The van der Waals surface area contributed by atoms with E-state index in [1.54, 1.807) is 6.07 Å².